The summed E-state index contributed by atoms with van der Waals surface area (Å²) in [6, 6.07) is 2.16. The van der Waals surface area contributed by atoms with Crippen molar-refractivity contribution in [3.63, 3.8) is 0 Å². The summed E-state index contributed by atoms with van der Waals surface area (Å²) >= 11 is 6.07. The van der Waals surface area contributed by atoms with Gasteiger partial charge in [0.2, 0.25) is 0 Å². The quantitative estimate of drug-likeness (QED) is 0.765. The van der Waals surface area contributed by atoms with E-state index in [1.165, 1.54) is 4.88 Å². The molecule has 4 heterocycles. The Hall–Kier alpha value is -1.54. The van der Waals surface area contributed by atoms with Crippen LogP contribution in [0.5, 0.6) is 0 Å². The molecule has 2 saturated heterocycles. The fourth-order valence-electron chi connectivity index (χ4n) is 4.09. The first-order valence-electron chi connectivity index (χ1n) is 9.36. The van der Waals surface area contributed by atoms with Crippen molar-refractivity contribution in [1.29, 1.82) is 0 Å². The second-order valence-electron chi connectivity index (χ2n) is 8.61. The van der Waals surface area contributed by atoms with E-state index in [2.05, 4.69) is 33.6 Å². The smallest absolute Gasteiger partial charge is 0.410 e. The molecule has 6 nitrogen and oxygen atoms in total. The molecule has 1 spiro atoms. The highest BCUT2D eigenvalue weighted by molar-refractivity contribution is 7.79. The summed E-state index contributed by atoms with van der Waals surface area (Å²) in [6.45, 7) is 9.14. The van der Waals surface area contributed by atoms with E-state index in [9.17, 15) is 4.79 Å². The molecule has 1 amide bonds. The lowest BCUT2D eigenvalue weighted by Crippen LogP contribution is -2.37. The van der Waals surface area contributed by atoms with E-state index >= 15 is 0 Å². The maximum atomic E-state index is 12.4. The SMILES string of the molecule is CC(C)(C)OC(=O)N1CCC2(CCN(c3ncnc4sc(CS)cc34)C2)C1. The number of anilines is 1. The molecule has 2 aromatic rings. The number of ether oxygens (including phenoxy) is 1. The molecule has 0 N–H and O–H groups in total. The van der Waals surface area contributed by atoms with Crippen molar-refractivity contribution in [3.8, 4) is 0 Å². The number of thiol groups is 1. The second-order valence-corrected chi connectivity index (χ2v) is 10.0. The Bertz CT molecular complexity index is 863. The molecule has 2 aliphatic rings. The van der Waals surface area contributed by atoms with Crippen LogP contribution in [0, 0.1) is 5.41 Å². The number of hydrogen-bond acceptors (Lipinski definition) is 7. The molecule has 27 heavy (non-hydrogen) atoms. The summed E-state index contributed by atoms with van der Waals surface area (Å²) in [5.74, 6) is 1.73. The predicted octanol–water partition coefficient (Wildman–Crippen LogP) is 3.96. The molecule has 1 unspecified atom stereocenters. The highest BCUT2D eigenvalue weighted by Gasteiger charge is 2.46. The molecule has 0 aliphatic carbocycles. The van der Waals surface area contributed by atoms with Crippen molar-refractivity contribution >= 4 is 46.1 Å². The Balaban J connectivity index is 1.50. The maximum absolute atomic E-state index is 12.4. The van der Waals surface area contributed by atoms with E-state index < -0.39 is 5.60 Å². The van der Waals surface area contributed by atoms with Gasteiger partial charge in [-0.2, -0.15) is 12.6 Å². The van der Waals surface area contributed by atoms with Crippen LogP contribution in [0.4, 0.5) is 10.6 Å². The molecule has 2 aromatic heterocycles. The number of hydrogen-bond donors (Lipinski definition) is 1. The fourth-order valence-corrected chi connectivity index (χ4v) is 5.22. The first kappa shape index (κ1) is 18.8. The molecule has 0 saturated carbocycles. The topological polar surface area (TPSA) is 58.6 Å². The van der Waals surface area contributed by atoms with E-state index in [-0.39, 0.29) is 11.5 Å². The lowest BCUT2D eigenvalue weighted by molar-refractivity contribution is 0.0276. The number of likely N-dealkylation sites (tertiary alicyclic amines) is 1. The Morgan fingerprint density at radius 1 is 1.30 bits per heavy atom. The van der Waals surface area contributed by atoms with Crippen molar-refractivity contribution in [2.45, 2.75) is 45.0 Å². The summed E-state index contributed by atoms with van der Waals surface area (Å²) in [5.41, 5.74) is -0.318. The van der Waals surface area contributed by atoms with Gasteiger partial charge in [0.15, 0.2) is 0 Å². The van der Waals surface area contributed by atoms with Gasteiger partial charge in [0.25, 0.3) is 0 Å². The molecular formula is C19H26N4O2S2. The number of amides is 1. The van der Waals surface area contributed by atoms with Gasteiger partial charge in [-0.15, -0.1) is 11.3 Å². The van der Waals surface area contributed by atoms with Crippen molar-refractivity contribution < 1.29 is 9.53 Å². The van der Waals surface area contributed by atoms with Gasteiger partial charge in [0.1, 0.15) is 22.6 Å². The number of fused-ring (bicyclic) bond motifs is 1. The van der Waals surface area contributed by atoms with E-state index in [0.717, 1.165) is 60.8 Å². The Labute approximate surface area is 169 Å². The standard InChI is InChI=1S/C19H26N4O2S2/c1-18(2,3)25-17(24)23-7-5-19(11-23)4-6-22(10-19)15-14-8-13(9-26)27-16(14)21-12-20-15/h8,12,26H,4-7,9-11H2,1-3H3. The van der Waals surface area contributed by atoms with Crippen molar-refractivity contribution in [2.75, 3.05) is 31.1 Å². The van der Waals surface area contributed by atoms with E-state index in [4.69, 9.17) is 4.74 Å². The first-order valence-corrected chi connectivity index (χ1v) is 10.8. The maximum Gasteiger partial charge on any atom is 0.410 e. The molecule has 0 radical (unpaired) electrons. The normalized spacial score (nSPS) is 23.0. The third-order valence-corrected chi connectivity index (χ3v) is 6.94. The van der Waals surface area contributed by atoms with Crippen LogP contribution in [0.1, 0.15) is 38.5 Å². The number of carbonyl (C=O) groups excluding carboxylic acids is 1. The third kappa shape index (κ3) is 3.74. The van der Waals surface area contributed by atoms with Crippen LogP contribution in [0.15, 0.2) is 12.4 Å². The number of nitrogens with zero attached hydrogens (tertiary/aromatic N) is 4. The lowest BCUT2D eigenvalue weighted by Gasteiger charge is -2.27. The van der Waals surface area contributed by atoms with Crippen LogP contribution in [0.2, 0.25) is 0 Å². The first-order chi connectivity index (χ1) is 12.8. The highest BCUT2D eigenvalue weighted by Crippen LogP contribution is 2.42. The van der Waals surface area contributed by atoms with Gasteiger partial charge >= 0.3 is 6.09 Å². The minimum Gasteiger partial charge on any atom is -0.444 e. The van der Waals surface area contributed by atoms with E-state index in [1.54, 1.807) is 17.7 Å². The Morgan fingerprint density at radius 3 is 2.81 bits per heavy atom. The summed E-state index contributed by atoms with van der Waals surface area (Å²) in [4.78, 5) is 27.9. The number of carbonyl (C=O) groups is 1. The lowest BCUT2D eigenvalue weighted by atomic mass is 9.86. The fraction of sp³-hybridized carbons (Fsp3) is 0.632. The average Bonchev–Trinajstić information content (AvgIpc) is 3.31. The van der Waals surface area contributed by atoms with Crippen molar-refractivity contribution in [1.82, 2.24) is 14.9 Å². The van der Waals surface area contributed by atoms with Gasteiger partial charge in [-0.3, -0.25) is 0 Å². The molecular weight excluding hydrogens is 380 g/mol. The number of thiophene rings is 1. The van der Waals surface area contributed by atoms with Crippen molar-refractivity contribution in [2.24, 2.45) is 5.41 Å². The summed E-state index contributed by atoms with van der Waals surface area (Å²) in [7, 11) is 0. The Kier molecular flexibility index (Phi) is 4.74. The molecule has 1 atom stereocenters. The zero-order valence-corrected chi connectivity index (χ0v) is 17.8. The number of rotatable bonds is 2. The Morgan fingerprint density at radius 2 is 2.07 bits per heavy atom. The summed E-state index contributed by atoms with van der Waals surface area (Å²) in [5, 5.41) is 1.12. The zero-order valence-electron chi connectivity index (χ0n) is 16.1. The van der Waals surface area contributed by atoms with Crippen LogP contribution in [-0.4, -0.2) is 52.7 Å². The average molecular weight is 407 g/mol. The van der Waals surface area contributed by atoms with Crippen LogP contribution < -0.4 is 4.90 Å². The molecule has 0 aromatic carbocycles. The highest BCUT2D eigenvalue weighted by atomic mass is 32.1. The minimum absolute atomic E-state index is 0.135. The van der Waals surface area contributed by atoms with Gasteiger partial charge in [0.05, 0.1) is 5.39 Å². The van der Waals surface area contributed by atoms with Gasteiger partial charge in [-0.1, -0.05) is 0 Å². The number of aromatic nitrogens is 2. The third-order valence-electron chi connectivity index (χ3n) is 5.34. The molecule has 8 heteroatoms. The van der Waals surface area contributed by atoms with Gasteiger partial charge < -0.3 is 14.5 Å². The summed E-state index contributed by atoms with van der Waals surface area (Å²) in [6.07, 6.45) is 3.55. The van der Waals surface area contributed by atoms with Crippen LogP contribution in [-0.2, 0) is 10.5 Å². The second kappa shape index (κ2) is 6.81. The van der Waals surface area contributed by atoms with Crippen LogP contribution in [0.3, 0.4) is 0 Å². The molecule has 2 fully saturated rings. The van der Waals surface area contributed by atoms with Gasteiger partial charge in [0, 0.05) is 42.2 Å². The predicted molar refractivity (Wildman–Crippen MR) is 112 cm³/mol. The van der Waals surface area contributed by atoms with Crippen LogP contribution in [0.25, 0.3) is 10.2 Å². The largest absolute Gasteiger partial charge is 0.444 e. The molecule has 146 valence electrons. The molecule has 4 rings (SSSR count). The van der Waals surface area contributed by atoms with E-state index in [1.807, 2.05) is 25.7 Å². The van der Waals surface area contributed by atoms with Crippen molar-refractivity contribution in [3.05, 3.63) is 17.3 Å². The zero-order chi connectivity index (χ0) is 19.2. The minimum atomic E-state index is -0.454. The van der Waals surface area contributed by atoms with Gasteiger partial charge in [-0.25, -0.2) is 14.8 Å². The molecule has 0 bridgehead atoms. The van der Waals surface area contributed by atoms with E-state index in [0.29, 0.717) is 0 Å². The summed E-state index contributed by atoms with van der Waals surface area (Å²) < 4.78 is 5.56. The monoisotopic (exact) mass is 406 g/mol. The van der Waals surface area contributed by atoms with Crippen LogP contribution >= 0.6 is 24.0 Å². The van der Waals surface area contributed by atoms with Gasteiger partial charge in [-0.05, 0) is 39.7 Å². The molecule has 2 aliphatic heterocycles.